The Hall–Kier alpha value is -3.28. The zero-order valence-corrected chi connectivity index (χ0v) is 11.6. The summed E-state index contributed by atoms with van der Waals surface area (Å²) < 4.78 is 0. The number of carbonyl (C=O) groups excluding carboxylic acids is 1. The molecule has 0 bridgehead atoms. The van der Waals surface area contributed by atoms with E-state index in [1.54, 1.807) is 24.5 Å². The molecule has 0 aliphatic carbocycles. The number of benzene rings is 1. The Morgan fingerprint density at radius 3 is 2.82 bits per heavy atom. The van der Waals surface area contributed by atoms with E-state index in [4.69, 9.17) is 0 Å². The normalized spacial score (nSPS) is 10.7. The van der Waals surface area contributed by atoms with Gasteiger partial charge >= 0.3 is 0 Å². The van der Waals surface area contributed by atoms with E-state index in [0.717, 1.165) is 11.1 Å². The lowest BCUT2D eigenvalue weighted by Crippen LogP contribution is -2.18. The maximum atomic E-state index is 12.0. The minimum Gasteiger partial charge on any atom is -0.272 e. The van der Waals surface area contributed by atoms with Crippen LogP contribution in [0.1, 0.15) is 16.1 Å². The molecular weight excluding hydrogens is 278 g/mol. The summed E-state index contributed by atoms with van der Waals surface area (Å²) in [5, 5.41) is 10.7. The first-order valence-corrected chi connectivity index (χ1v) is 6.67. The highest BCUT2D eigenvalue weighted by molar-refractivity contribution is 5.94. The molecule has 22 heavy (non-hydrogen) atoms. The van der Waals surface area contributed by atoms with Gasteiger partial charge in [0.1, 0.15) is 5.69 Å². The van der Waals surface area contributed by atoms with Crippen molar-refractivity contribution in [3.63, 3.8) is 0 Å². The van der Waals surface area contributed by atoms with Gasteiger partial charge in [0.2, 0.25) is 0 Å². The van der Waals surface area contributed by atoms with Gasteiger partial charge in [-0.15, -0.1) is 0 Å². The Balaban J connectivity index is 1.66. The van der Waals surface area contributed by atoms with Gasteiger partial charge in [-0.3, -0.25) is 14.9 Å². The third-order valence-corrected chi connectivity index (χ3v) is 2.96. The van der Waals surface area contributed by atoms with E-state index in [1.165, 1.54) is 6.21 Å². The number of carbonyl (C=O) groups is 1. The highest BCUT2D eigenvalue weighted by Crippen LogP contribution is 2.16. The van der Waals surface area contributed by atoms with Crippen molar-refractivity contribution in [3.8, 4) is 11.3 Å². The lowest BCUT2D eigenvalue weighted by atomic mass is 10.1. The largest absolute Gasteiger partial charge is 0.289 e. The van der Waals surface area contributed by atoms with Crippen LogP contribution in [0.4, 0.5) is 0 Å². The lowest BCUT2D eigenvalue weighted by molar-refractivity contribution is 0.0950. The quantitative estimate of drug-likeness (QED) is 0.571. The molecule has 6 nitrogen and oxygen atoms in total. The second-order valence-electron chi connectivity index (χ2n) is 4.52. The maximum Gasteiger partial charge on any atom is 0.289 e. The van der Waals surface area contributed by atoms with E-state index < -0.39 is 0 Å². The van der Waals surface area contributed by atoms with Crippen molar-refractivity contribution < 1.29 is 4.79 Å². The van der Waals surface area contributed by atoms with Gasteiger partial charge in [-0.1, -0.05) is 36.4 Å². The summed E-state index contributed by atoms with van der Waals surface area (Å²) >= 11 is 0. The van der Waals surface area contributed by atoms with Crippen LogP contribution in [0.3, 0.4) is 0 Å². The summed E-state index contributed by atoms with van der Waals surface area (Å²) in [4.78, 5) is 15.9. The fourth-order valence-electron chi connectivity index (χ4n) is 1.87. The standard InChI is InChI=1S/C16H13N5O/c22-16(21-18-11-12-5-4-8-17-10-12)15-9-14(19-20-15)13-6-2-1-3-7-13/h1-11H,(H,19,20)(H,21,22)/b18-11+. The number of nitrogens with one attached hydrogen (secondary N) is 2. The second-order valence-corrected chi connectivity index (χ2v) is 4.52. The molecule has 0 spiro atoms. The highest BCUT2D eigenvalue weighted by Gasteiger charge is 2.09. The van der Waals surface area contributed by atoms with Gasteiger partial charge in [-0.25, -0.2) is 5.43 Å². The van der Waals surface area contributed by atoms with Gasteiger partial charge in [0, 0.05) is 23.5 Å². The molecular formula is C16H13N5O. The minimum atomic E-state index is -0.352. The van der Waals surface area contributed by atoms with Gasteiger partial charge < -0.3 is 0 Å². The van der Waals surface area contributed by atoms with Gasteiger partial charge in [0.25, 0.3) is 5.91 Å². The first-order chi connectivity index (χ1) is 10.8. The molecule has 0 saturated heterocycles. The van der Waals surface area contributed by atoms with Crippen molar-refractivity contribution in [2.75, 3.05) is 0 Å². The molecule has 3 rings (SSSR count). The monoisotopic (exact) mass is 291 g/mol. The molecule has 3 aromatic rings. The van der Waals surface area contributed by atoms with Crippen LogP contribution in [0, 0.1) is 0 Å². The van der Waals surface area contributed by atoms with Gasteiger partial charge in [0.05, 0.1) is 11.9 Å². The number of aromatic amines is 1. The van der Waals surface area contributed by atoms with E-state index >= 15 is 0 Å². The third kappa shape index (κ3) is 3.24. The number of nitrogens with zero attached hydrogens (tertiary/aromatic N) is 3. The van der Waals surface area contributed by atoms with Crippen molar-refractivity contribution >= 4 is 12.1 Å². The van der Waals surface area contributed by atoms with Crippen LogP contribution in [0.2, 0.25) is 0 Å². The maximum absolute atomic E-state index is 12.0. The molecule has 108 valence electrons. The number of hydrogen-bond acceptors (Lipinski definition) is 4. The molecule has 0 unspecified atom stereocenters. The Morgan fingerprint density at radius 1 is 1.18 bits per heavy atom. The summed E-state index contributed by atoms with van der Waals surface area (Å²) in [6.07, 6.45) is 4.85. The van der Waals surface area contributed by atoms with Crippen molar-refractivity contribution in [1.29, 1.82) is 0 Å². The molecule has 0 aliphatic heterocycles. The number of amides is 1. The topological polar surface area (TPSA) is 83.0 Å². The van der Waals surface area contributed by atoms with Crippen LogP contribution >= 0.6 is 0 Å². The minimum absolute atomic E-state index is 0.349. The van der Waals surface area contributed by atoms with Gasteiger partial charge in [-0.05, 0) is 12.1 Å². The van der Waals surface area contributed by atoms with Gasteiger partial charge in [0.15, 0.2) is 0 Å². The number of H-pyrrole nitrogens is 1. The van der Waals surface area contributed by atoms with Gasteiger partial charge in [-0.2, -0.15) is 10.2 Å². The lowest BCUT2D eigenvalue weighted by Gasteiger charge is -1.95. The fraction of sp³-hybridized carbons (Fsp3) is 0. The average Bonchev–Trinajstić information content (AvgIpc) is 3.07. The molecule has 0 fully saturated rings. The number of aromatic nitrogens is 3. The summed E-state index contributed by atoms with van der Waals surface area (Å²) in [7, 11) is 0. The van der Waals surface area contributed by atoms with E-state index in [-0.39, 0.29) is 5.91 Å². The molecule has 2 N–H and O–H groups in total. The molecule has 6 heteroatoms. The molecule has 2 aromatic heterocycles. The van der Waals surface area contributed by atoms with Crippen molar-refractivity contribution in [3.05, 3.63) is 72.2 Å². The summed E-state index contributed by atoms with van der Waals surface area (Å²) in [5.41, 5.74) is 5.25. The number of pyridine rings is 1. The molecule has 1 amide bonds. The van der Waals surface area contributed by atoms with Crippen LogP contribution in [0.25, 0.3) is 11.3 Å². The van der Waals surface area contributed by atoms with E-state index in [9.17, 15) is 4.79 Å². The second kappa shape index (κ2) is 6.45. The molecule has 1 aromatic carbocycles. The van der Waals surface area contributed by atoms with Crippen molar-refractivity contribution in [1.82, 2.24) is 20.6 Å². The first-order valence-electron chi connectivity index (χ1n) is 6.67. The Kier molecular flexibility index (Phi) is 4.01. The molecule has 0 saturated carbocycles. The Labute approximate surface area is 126 Å². The fourth-order valence-corrected chi connectivity index (χ4v) is 1.87. The number of hydrogen-bond donors (Lipinski definition) is 2. The van der Waals surface area contributed by atoms with Crippen molar-refractivity contribution in [2.45, 2.75) is 0 Å². The molecule has 2 heterocycles. The predicted octanol–water partition coefficient (Wildman–Crippen LogP) is 2.24. The molecule has 0 aliphatic rings. The van der Waals surface area contributed by atoms with E-state index in [2.05, 4.69) is 25.7 Å². The Bertz CT molecular complexity index is 781. The molecule has 0 atom stereocenters. The van der Waals surface area contributed by atoms with Crippen LogP contribution in [0.15, 0.2) is 66.0 Å². The average molecular weight is 291 g/mol. The van der Waals surface area contributed by atoms with E-state index in [0.29, 0.717) is 11.4 Å². The number of rotatable bonds is 4. The summed E-state index contributed by atoms with van der Waals surface area (Å²) in [6.45, 7) is 0. The highest BCUT2D eigenvalue weighted by atomic mass is 16.2. The zero-order valence-electron chi connectivity index (χ0n) is 11.6. The molecule has 0 radical (unpaired) electrons. The van der Waals surface area contributed by atoms with Crippen molar-refractivity contribution in [2.24, 2.45) is 5.10 Å². The predicted molar refractivity (Wildman–Crippen MR) is 83.3 cm³/mol. The Morgan fingerprint density at radius 2 is 2.05 bits per heavy atom. The summed E-state index contributed by atoms with van der Waals surface area (Å²) in [5.74, 6) is -0.352. The SMILES string of the molecule is O=C(N/N=C/c1cccnc1)c1cc(-c2ccccc2)n[nH]1. The van der Waals surface area contributed by atoms with Crippen LogP contribution in [0.5, 0.6) is 0 Å². The number of hydrazone groups is 1. The van der Waals surface area contributed by atoms with Crippen LogP contribution < -0.4 is 5.43 Å². The van der Waals surface area contributed by atoms with Crippen LogP contribution in [-0.4, -0.2) is 27.3 Å². The zero-order chi connectivity index (χ0) is 15.2. The smallest absolute Gasteiger partial charge is 0.272 e. The third-order valence-electron chi connectivity index (χ3n) is 2.96. The van der Waals surface area contributed by atoms with E-state index in [1.807, 2.05) is 36.4 Å². The first kappa shape index (κ1) is 13.7. The summed E-state index contributed by atoms with van der Waals surface area (Å²) in [6, 6.07) is 14.9. The van der Waals surface area contributed by atoms with Crippen LogP contribution in [-0.2, 0) is 0 Å².